The van der Waals surface area contributed by atoms with Gasteiger partial charge in [-0.3, -0.25) is 4.79 Å². The molecule has 7 heteroatoms. The minimum Gasteiger partial charge on any atom is -0.478 e. The minimum absolute atomic E-state index is 0.0158. The summed E-state index contributed by atoms with van der Waals surface area (Å²) in [4.78, 5) is 22.5. The van der Waals surface area contributed by atoms with Crippen LogP contribution in [0.2, 0.25) is 5.02 Å². The van der Waals surface area contributed by atoms with Crippen molar-refractivity contribution in [1.29, 1.82) is 0 Å². The number of carbonyl (C=O) groups excluding carboxylic acids is 1. The number of aromatic nitrogens is 1. The third-order valence-corrected chi connectivity index (χ3v) is 2.29. The highest BCUT2D eigenvalue weighted by Gasteiger charge is 2.11. The topological polar surface area (TPSA) is 92.4 Å². The molecule has 18 heavy (non-hydrogen) atoms. The molecule has 2 rings (SSSR count). The summed E-state index contributed by atoms with van der Waals surface area (Å²) in [6.45, 7) is 0. The highest BCUT2D eigenvalue weighted by molar-refractivity contribution is 6.31. The van der Waals surface area contributed by atoms with Gasteiger partial charge >= 0.3 is 5.97 Å². The molecule has 1 aromatic carbocycles. The Morgan fingerprint density at radius 3 is 2.72 bits per heavy atom. The number of aromatic carboxylic acids is 1. The first-order chi connectivity index (χ1) is 8.56. The van der Waals surface area contributed by atoms with Gasteiger partial charge in [0.1, 0.15) is 6.26 Å². The van der Waals surface area contributed by atoms with Crippen LogP contribution in [0.25, 0.3) is 0 Å². The smallest absolute Gasteiger partial charge is 0.335 e. The maximum absolute atomic E-state index is 11.6. The zero-order valence-corrected chi connectivity index (χ0v) is 9.64. The molecular formula is C11H7ClN2O4. The van der Waals surface area contributed by atoms with Crippen molar-refractivity contribution in [2.24, 2.45) is 0 Å². The maximum atomic E-state index is 11.6. The number of nitrogens with one attached hydrogen (secondary N) is 1. The Hall–Kier alpha value is -2.34. The van der Waals surface area contributed by atoms with Crippen molar-refractivity contribution in [1.82, 2.24) is 5.16 Å². The molecule has 2 N–H and O–H groups in total. The highest BCUT2D eigenvalue weighted by atomic mass is 35.5. The molecule has 0 aliphatic heterocycles. The van der Waals surface area contributed by atoms with E-state index in [4.69, 9.17) is 16.7 Å². The Kier molecular flexibility index (Phi) is 3.29. The van der Waals surface area contributed by atoms with Gasteiger partial charge in [0.15, 0.2) is 5.69 Å². The second-order valence-corrected chi connectivity index (χ2v) is 3.81. The molecular weight excluding hydrogens is 260 g/mol. The van der Waals surface area contributed by atoms with Gasteiger partial charge < -0.3 is 14.9 Å². The van der Waals surface area contributed by atoms with Crippen LogP contribution >= 0.6 is 11.6 Å². The lowest BCUT2D eigenvalue weighted by molar-refractivity contribution is 0.0696. The average molecular weight is 267 g/mol. The third kappa shape index (κ3) is 2.67. The van der Waals surface area contributed by atoms with Crippen LogP contribution in [0.4, 0.5) is 5.69 Å². The first kappa shape index (κ1) is 12.1. The number of halogens is 1. The number of rotatable bonds is 3. The molecule has 0 bridgehead atoms. The van der Waals surface area contributed by atoms with Gasteiger partial charge in [-0.15, -0.1) is 0 Å². The molecule has 0 fully saturated rings. The van der Waals surface area contributed by atoms with Gasteiger partial charge in [-0.25, -0.2) is 4.79 Å². The average Bonchev–Trinajstić information content (AvgIpc) is 2.81. The van der Waals surface area contributed by atoms with Gasteiger partial charge in [0, 0.05) is 16.8 Å². The van der Waals surface area contributed by atoms with Crippen LogP contribution in [-0.2, 0) is 0 Å². The number of carboxylic acids is 1. The largest absolute Gasteiger partial charge is 0.478 e. The molecule has 6 nitrogen and oxygen atoms in total. The van der Waals surface area contributed by atoms with Gasteiger partial charge in [0.25, 0.3) is 5.91 Å². The van der Waals surface area contributed by atoms with Crippen molar-refractivity contribution < 1.29 is 19.2 Å². The summed E-state index contributed by atoms with van der Waals surface area (Å²) >= 11 is 5.75. The molecule has 0 saturated heterocycles. The summed E-state index contributed by atoms with van der Waals surface area (Å²) < 4.78 is 4.53. The Labute approximate surface area is 106 Å². The van der Waals surface area contributed by atoms with Gasteiger partial charge in [-0.05, 0) is 18.2 Å². The summed E-state index contributed by atoms with van der Waals surface area (Å²) in [5.41, 5.74) is 0.345. The molecule has 0 unspecified atom stereocenters. The van der Waals surface area contributed by atoms with Crippen LogP contribution in [0, 0.1) is 0 Å². The summed E-state index contributed by atoms with van der Waals surface area (Å²) in [5.74, 6) is -1.64. The van der Waals surface area contributed by atoms with Crippen molar-refractivity contribution in [3.8, 4) is 0 Å². The Morgan fingerprint density at radius 1 is 1.33 bits per heavy atom. The monoisotopic (exact) mass is 266 g/mol. The number of hydrogen-bond donors (Lipinski definition) is 2. The fraction of sp³-hybridized carbons (Fsp3) is 0. The lowest BCUT2D eigenvalue weighted by atomic mass is 10.2. The van der Waals surface area contributed by atoms with E-state index in [1.54, 1.807) is 0 Å². The van der Waals surface area contributed by atoms with Crippen molar-refractivity contribution in [3.63, 3.8) is 0 Å². The minimum atomic E-state index is -1.13. The molecule has 2 aromatic rings. The third-order valence-electron chi connectivity index (χ3n) is 2.07. The molecule has 0 spiro atoms. The number of amides is 1. The Morgan fingerprint density at radius 2 is 2.11 bits per heavy atom. The Bertz CT molecular complexity index is 595. The predicted molar refractivity (Wildman–Crippen MR) is 62.9 cm³/mol. The molecule has 92 valence electrons. The SMILES string of the molecule is O=C(O)c1cc(Cl)cc(NC(=O)c2ccon2)c1. The van der Waals surface area contributed by atoms with Crippen LogP contribution in [0.15, 0.2) is 35.1 Å². The first-order valence-corrected chi connectivity index (χ1v) is 5.19. The van der Waals surface area contributed by atoms with Gasteiger partial charge in [-0.2, -0.15) is 0 Å². The Balaban J connectivity index is 2.24. The number of benzene rings is 1. The molecule has 1 aromatic heterocycles. The highest BCUT2D eigenvalue weighted by Crippen LogP contribution is 2.19. The van der Waals surface area contributed by atoms with Crippen LogP contribution in [0.5, 0.6) is 0 Å². The van der Waals surface area contributed by atoms with Gasteiger partial charge in [0.2, 0.25) is 0 Å². The summed E-state index contributed by atoms with van der Waals surface area (Å²) in [6, 6.07) is 5.41. The number of nitrogens with zero attached hydrogens (tertiary/aromatic N) is 1. The second kappa shape index (κ2) is 4.89. The van der Waals surface area contributed by atoms with E-state index in [1.165, 1.54) is 30.5 Å². The summed E-state index contributed by atoms with van der Waals surface area (Å²) in [7, 11) is 0. The number of carbonyl (C=O) groups is 2. The molecule has 0 atom stereocenters. The molecule has 0 radical (unpaired) electrons. The number of anilines is 1. The molecule has 0 aliphatic carbocycles. The van der Waals surface area contributed by atoms with E-state index in [1.807, 2.05) is 0 Å². The standard InChI is InChI=1S/C11H7ClN2O4/c12-7-3-6(11(16)17)4-8(5-7)13-10(15)9-1-2-18-14-9/h1-5H,(H,13,15)(H,16,17). The van der Waals surface area contributed by atoms with E-state index < -0.39 is 11.9 Å². The zero-order valence-electron chi connectivity index (χ0n) is 8.88. The summed E-state index contributed by atoms with van der Waals surface area (Å²) in [5, 5.41) is 15.0. The van der Waals surface area contributed by atoms with Crippen molar-refractivity contribution in [3.05, 3.63) is 46.8 Å². The first-order valence-electron chi connectivity index (χ1n) is 4.82. The number of hydrogen-bond acceptors (Lipinski definition) is 4. The van der Waals surface area contributed by atoms with Crippen LogP contribution in [0.1, 0.15) is 20.8 Å². The fourth-order valence-electron chi connectivity index (χ4n) is 1.31. The number of carboxylic acid groups (broad SMARTS) is 1. The van der Waals surface area contributed by atoms with Crippen LogP contribution in [0.3, 0.4) is 0 Å². The predicted octanol–water partition coefficient (Wildman–Crippen LogP) is 2.28. The lowest BCUT2D eigenvalue weighted by Crippen LogP contribution is -2.12. The lowest BCUT2D eigenvalue weighted by Gasteiger charge is -2.05. The van der Waals surface area contributed by atoms with Crippen LogP contribution < -0.4 is 5.32 Å². The van der Waals surface area contributed by atoms with Gasteiger partial charge in [0.05, 0.1) is 5.56 Å². The molecule has 1 amide bonds. The summed E-state index contributed by atoms with van der Waals surface area (Å²) in [6.07, 6.45) is 1.26. The molecule has 1 heterocycles. The van der Waals surface area contributed by atoms with Crippen molar-refractivity contribution in [2.75, 3.05) is 5.32 Å². The van der Waals surface area contributed by atoms with Crippen LogP contribution in [-0.4, -0.2) is 22.1 Å². The van der Waals surface area contributed by atoms with Gasteiger partial charge in [-0.1, -0.05) is 16.8 Å². The normalized spacial score (nSPS) is 10.1. The molecule has 0 aliphatic rings. The van der Waals surface area contributed by atoms with E-state index in [9.17, 15) is 9.59 Å². The molecule has 0 saturated carbocycles. The van der Waals surface area contributed by atoms with E-state index in [0.29, 0.717) is 0 Å². The van der Waals surface area contributed by atoms with E-state index >= 15 is 0 Å². The van der Waals surface area contributed by atoms with Crippen molar-refractivity contribution >= 4 is 29.2 Å². The zero-order chi connectivity index (χ0) is 13.1. The quantitative estimate of drug-likeness (QED) is 0.889. The maximum Gasteiger partial charge on any atom is 0.335 e. The fourth-order valence-corrected chi connectivity index (χ4v) is 1.55. The van der Waals surface area contributed by atoms with E-state index in [2.05, 4.69) is 15.0 Å². The van der Waals surface area contributed by atoms with Crippen molar-refractivity contribution in [2.45, 2.75) is 0 Å². The van der Waals surface area contributed by atoms with E-state index in [-0.39, 0.29) is 22.0 Å². The second-order valence-electron chi connectivity index (χ2n) is 3.37. The van der Waals surface area contributed by atoms with E-state index in [0.717, 1.165) is 0 Å².